The summed E-state index contributed by atoms with van der Waals surface area (Å²) in [7, 11) is -3.69. The van der Waals surface area contributed by atoms with Crippen molar-refractivity contribution in [2.45, 2.75) is 50.0 Å². The quantitative estimate of drug-likeness (QED) is 0.541. The Balaban J connectivity index is 1.84. The number of ether oxygens (including phenoxy) is 1. The third-order valence-electron chi connectivity index (χ3n) is 5.28. The van der Waals surface area contributed by atoms with Gasteiger partial charge in [-0.25, -0.2) is 8.42 Å². The Morgan fingerprint density at radius 2 is 1.81 bits per heavy atom. The van der Waals surface area contributed by atoms with Gasteiger partial charge in [-0.1, -0.05) is 6.42 Å². The lowest BCUT2D eigenvalue weighted by atomic mass is 10.1. The molecule has 0 aromatic heterocycles. The van der Waals surface area contributed by atoms with Crippen LogP contribution >= 0.6 is 0 Å². The fourth-order valence-corrected chi connectivity index (χ4v) is 5.37. The molecule has 0 atom stereocenters. The number of nitro groups is 1. The SMILES string of the molecule is CCOC1CCN(c2ccc(S(=O)(=O)N3CCCCC3)cc2[N+](=O)[O-])CC1. The lowest BCUT2D eigenvalue weighted by Gasteiger charge is -2.33. The average Bonchev–Trinajstić information content (AvgIpc) is 2.69. The minimum Gasteiger partial charge on any atom is -0.378 e. The average molecular weight is 397 g/mol. The highest BCUT2D eigenvalue weighted by Crippen LogP contribution is 2.34. The Morgan fingerprint density at radius 3 is 2.41 bits per heavy atom. The van der Waals surface area contributed by atoms with Crippen molar-refractivity contribution in [1.29, 1.82) is 0 Å². The molecule has 0 N–H and O–H groups in total. The van der Waals surface area contributed by atoms with Gasteiger partial charge in [0.2, 0.25) is 10.0 Å². The summed E-state index contributed by atoms with van der Waals surface area (Å²) in [4.78, 5) is 13.1. The van der Waals surface area contributed by atoms with E-state index < -0.39 is 14.9 Å². The van der Waals surface area contributed by atoms with Crippen LogP contribution in [0.3, 0.4) is 0 Å². The summed E-state index contributed by atoms with van der Waals surface area (Å²) >= 11 is 0. The molecule has 0 aliphatic carbocycles. The molecular weight excluding hydrogens is 370 g/mol. The van der Waals surface area contributed by atoms with Crippen LogP contribution in [0.15, 0.2) is 23.1 Å². The van der Waals surface area contributed by atoms with E-state index in [-0.39, 0.29) is 16.7 Å². The molecule has 27 heavy (non-hydrogen) atoms. The molecule has 0 amide bonds. The van der Waals surface area contributed by atoms with Crippen molar-refractivity contribution in [2.24, 2.45) is 0 Å². The lowest BCUT2D eigenvalue weighted by Crippen LogP contribution is -2.37. The van der Waals surface area contributed by atoms with Crippen LogP contribution in [0, 0.1) is 10.1 Å². The highest BCUT2D eigenvalue weighted by molar-refractivity contribution is 7.89. The van der Waals surface area contributed by atoms with Gasteiger partial charge in [0.15, 0.2) is 0 Å². The molecule has 0 unspecified atom stereocenters. The first-order valence-corrected chi connectivity index (χ1v) is 11.0. The smallest absolute Gasteiger partial charge is 0.293 e. The van der Waals surface area contributed by atoms with E-state index in [1.54, 1.807) is 6.07 Å². The molecule has 0 radical (unpaired) electrons. The van der Waals surface area contributed by atoms with Crippen molar-refractivity contribution in [1.82, 2.24) is 4.31 Å². The van der Waals surface area contributed by atoms with Gasteiger partial charge in [0, 0.05) is 38.9 Å². The van der Waals surface area contributed by atoms with Crippen molar-refractivity contribution in [3.05, 3.63) is 28.3 Å². The van der Waals surface area contributed by atoms with Crippen LogP contribution in [0.5, 0.6) is 0 Å². The third kappa shape index (κ3) is 4.41. The van der Waals surface area contributed by atoms with Crippen LogP contribution in [0.2, 0.25) is 0 Å². The highest BCUT2D eigenvalue weighted by atomic mass is 32.2. The molecule has 9 heteroatoms. The largest absolute Gasteiger partial charge is 0.378 e. The van der Waals surface area contributed by atoms with Crippen LogP contribution in [0.1, 0.15) is 39.0 Å². The van der Waals surface area contributed by atoms with Gasteiger partial charge in [-0.15, -0.1) is 0 Å². The first-order chi connectivity index (χ1) is 12.9. The second kappa shape index (κ2) is 8.53. The third-order valence-corrected chi connectivity index (χ3v) is 7.18. The first-order valence-electron chi connectivity index (χ1n) is 9.58. The van der Waals surface area contributed by atoms with Gasteiger partial charge in [0.25, 0.3) is 5.69 Å². The zero-order valence-corrected chi connectivity index (χ0v) is 16.5. The Labute approximate surface area is 160 Å². The highest BCUT2D eigenvalue weighted by Gasteiger charge is 2.30. The van der Waals surface area contributed by atoms with Crippen molar-refractivity contribution in [2.75, 3.05) is 37.7 Å². The van der Waals surface area contributed by atoms with E-state index in [0.717, 1.165) is 32.1 Å². The zero-order valence-electron chi connectivity index (χ0n) is 15.7. The molecule has 150 valence electrons. The Morgan fingerprint density at radius 1 is 1.15 bits per heavy atom. The number of benzene rings is 1. The van der Waals surface area contributed by atoms with Crippen LogP contribution in [0.25, 0.3) is 0 Å². The van der Waals surface area contributed by atoms with Gasteiger partial charge in [0.1, 0.15) is 5.69 Å². The molecule has 1 aromatic rings. The van der Waals surface area contributed by atoms with Crippen molar-refractivity contribution < 1.29 is 18.1 Å². The van der Waals surface area contributed by atoms with Crippen LogP contribution in [-0.2, 0) is 14.8 Å². The number of nitrogens with zero attached hydrogens (tertiary/aromatic N) is 3. The van der Waals surface area contributed by atoms with E-state index in [2.05, 4.69) is 0 Å². The number of hydrogen-bond donors (Lipinski definition) is 0. The number of piperidine rings is 2. The van der Waals surface area contributed by atoms with Gasteiger partial charge in [-0.05, 0) is 44.7 Å². The number of hydrogen-bond acceptors (Lipinski definition) is 6. The summed E-state index contributed by atoms with van der Waals surface area (Å²) in [5.41, 5.74) is 0.329. The summed E-state index contributed by atoms with van der Waals surface area (Å²) in [6, 6.07) is 4.30. The normalized spacial score (nSPS) is 20.0. The maximum atomic E-state index is 12.8. The predicted molar refractivity (Wildman–Crippen MR) is 103 cm³/mol. The van der Waals surface area contributed by atoms with Crippen molar-refractivity contribution in [3.8, 4) is 0 Å². The summed E-state index contributed by atoms with van der Waals surface area (Å²) in [6.45, 7) is 4.88. The molecule has 0 saturated carbocycles. The fourth-order valence-electron chi connectivity index (χ4n) is 3.83. The maximum absolute atomic E-state index is 12.8. The molecule has 2 aliphatic rings. The van der Waals surface area contributed by atoms with Gasteiger partial charge >= 0.3 is 0 Å². The number of rotatable bonds is 6. The molecule has 0 spiro atoms. The van der Waals surface area contributed by atoms with Gasteiger partial charge in [-0.3, -0.25) is 10.1 Å². The number of sulfonamides is 1. The predicted octanol–water partition coefficient (Wildman–Crippen LogP) is 2.77. The van der Waals surface area contributed by atoms with Gasteiger partial charge < -0.3 is 9.64 Å². The molecule has 3 rings (SSSR count). The lowest BCUT2D eigenvalue weighted by molar-refractivity contribution is -0.384. The second-order valence-corrected chi connectivity index (χ2v) is 8.95. The van der Waals surface area contributed by atoms with E-state index in [9.17, 15) is 18.5 Å². The first kappa shape index (κ1) is 20.0. The van der Waals surface area contributed by atoms with E-state index >= 15 is 0 Å². The number of anilines is 1. The molecule has 2 saturated heterocycles. The van der Waals surface area contributed by atoms with E-state index in [1.807, 2.05) is 11.8 Å². The Bertz CT molecular complexity index is 769. The molecular formula is C18H27N3O5S. The van der Waals surface area contributed by atoms with Gasteiger partial charge in [-0.2, -0.15) is 4.31 Å². The van der Waals surface area contributed by atoms with E-state index in [1.165, 1.54) is 16.4 Å². The monoisotopic (exact) mass is 397 g/mol. The fraction of sp³-hybridized carbons (Fsp3) is 0.667. The van der Waals surface area contributed by atoms with Crippen LogP contribution < -0.4 is 4.90 Å². The zero-order chi connectivity index (χ0) is 19.4. The second-order valence-electron chi connectivity index (χ2n) is 7.01. The summed E-state index contributed by atoms with van der Waals surface area (Å²) in [5.74, 6) is 0. The van der Waals surface area contributed by atoms with Crippen molar-refractivity contribution >= 4 is 21.4 Å². The minimum atomic E-state index is -3.69. The summed E-state index contributed by atoms with van der Waals surface area (Å²) in [5, 5.41) is 11.6. The molecule has 2 aliphatic heterocycles. The van der Waals surface area contributed by atoms with Crippen LogP contribution in [0.4, 0.5) is 11.4 Å². The maximum Gasteiger partial charge on any atom is 0.293 e. The van der Waals surface area contributed by atoms with Gasteiger partial charge in [0.05, 0.1) is 15.9 Å². The standard InChI is InChI=1S/C18H27N3O5S/c1-2-26-15-8-12-19(13-9-15)17-7-6-16(14-18(17)21(22)23)27(24,25)20-10-4-3-5-11-20/h6-7,14-15H,2-5,8-13H2,1H3. The number of nitro benzene ring substituents is 1. The molecule has 0 bridgehead atoms. The molecule has 2 heterocycles. The minimum absolute atomic E-state index is 0.00375. The van der Waals surface area contributed by atoms with E-state index in [0.29, 0.717) is 38.5 Å². The Kier molecular flexibility index (Phi) is 6.33. The molecule has 2 fully saturated rings. The topological polar surface area (TPSA) is 93.0 Å². The van der Waals surface area contributed by atoms with Crippen LogP contribution in [-0.4, -0.2) is 56.5 Å². The van der Waals surface area contributed by atoms with E-state index in [4.69, 9.17) is 4.74 Å². The Hall–Kier alpha value is -1.71. The molecule has 8 nitrogen and oxygen atoms in total. The summed E-state index contributed by atoms with van der Waals surface area (Å²) < 4.78 is 32.7. The van der Waals surface area contributed by atoms with Crippen molar-refractivity contribution in [3.63, 3.8) is 0 Å². The molecule has 1 aromatic carbocycles. The summed E-state index contributed by atoms with van der Waals surface area (Å²) in [6.07, 6.45) is 4.46.